The minimum absolute atomic E-state index is 0.0434. The number of rotatable bonds is 31. The number of carbonyl (C=O) groups is 9. The highest BCUT2D eigenvalue weighted by Crippen LogP contribution is 2.09. The SMILES string of the molecule is CSCC[C@@H](NC(=O)[C@H](CCC(N)=O)NC(=O)[C@H](CCCNC(=N)N)NC(=O)[C@@H](N)CCCNC(=N)N)C(=O)N[C@@H](CCC(=O)O)C(=O)N[C@@H](CCC(=O)O)C(=O)O. The highest BCUT2D eigenvalue weighted by atomic mass is 32.2. The molecule has 0 bridgehead atoms. The molecule has 0 aliphatic rings. The lowest BCUT2D eigenvalue weighted by atomic mass is 10.0. The van der Waals surface area contributed by atoms with Crippen LogP contribution in [0.5, 0.6) is 0 Å². The molecule has 328 valence electrons. The van der Waals surface area contributed by atoms with Gasteiger partial charge in [0.25, 0.3) is 0 Å². The van der Waals surface area contributed by atoms with Crippen LogP contribution in [0, 0.1) is 10.8 Å². The van der Waals surface area contributed by atoms with Crippen molar-refractivity contribution in [3.63, 3.8) is 0 Å². The van der Waals surface area contributed by atoms with Crippen molar-refractivity contribution in [1.82, 2.24) is 37.2 Å². The summed E-state index contributed by atoms with van der Waals surface area (Å²) in [6.45, 7) is 0.375. The molecule has 6 amide bonds. The molecule has 0 radical (unpaired) electrons. The van der Waals surface area contributed by atoms with Crippen LogP contribution < -0.4 is 60.2 Å². The van der Waals surface area contributed by atoms with Crippen molar-refractivity contribution in [1.29, 1.82) is 10.8 Å². The summed E-state index contributed by atoms with van der Waals surface area (Å²) in [7, 11) is 0. The number of thioether (sulfide) groups is 1. The Morgan fingerprint density at radius 3 is 1.29 bits per heavy atom. The number of hydrogen-bond acceptors (Lipinski definition) is 13. The van der Waals surface area contributed by atoms with Gasteiger partial charge in [0.05, 0.1) is 6.04 Å². The molecule has 20 N–H and O–H groups in total. The van der Waals surface area contributed by atoms with Gasteiger partial charge < -0.3 is 75.5 Å². The topological polar surface area (TPSA) is 450 Å². The number of carboxylic acid groups (broad SMARTS) is 3. The van der Waals surface area contributed by atoms with Crippen molar-refractivity contribution in [3.05, 3.63) is 0 Å². The summed E-state index contributed by atoms with van der Waals surface area (Å²) in [4.78, 5) is 113. The molecular formula is C32H57N13O12S. The highest BCUT2D eigenvalue weighted by Gasteiger charge is 2.33. The molecule has 25 nitrogen and oxygen atoms in total. The number of nitrogens with two attached hydrogens (primary N) is 4. The smallest absolute Gasteiger partial charge is 0.326 e. The Bertz CT molecular complexity index is 1470. The van der Waals surface area contributed by atoms with Crippen LogP contribution in [0.4, 0.5) is 0 Å². The summed E-state index contributed by atoms with van der Waals surface area (Å²) >= 11 is 1.27. The van der Waals surface area contributed by atoms with Crippen LogP contribution in [0.1, 0.15) is 70.6 Å². The first kappa shape index (κ1) is 52.1. The molecule has 0 rings (SSSR count). The fraction of sp³-hybridized carbons (Fsp3) is 0.656. The number of primary amides is 1. The average molecular weight is 848 g/mol. The predicted octanol–water partition coefficient (Wildman–Crippen LogP) is -4.90. The maximum absolute atomic E-state index is 13.7. The van der Waals surface area contributed by atoms with Crippen LogP contribution in [0.15, 0.2) is 0 Å². The van der Waals surface area contributed by atoms with Gasteiger partial charge in [0.15, 0.2) is 11.9 Å². The summed E-state index contributed by atoms with van der Waals surface area (Å²) in [6.07, 6.45) is -0.856. The molecule has 0 aromatic carbocycles. The molecule has 0 fully saturated rings. The van der Waals surface area contributed by atoms with E-state index in [1.807, 2.05) is 0 Å². The van der Waals surface area contributed by atoms with E-state index in [2.05, 4.69) is 37.2 Å². The Labute approximate surface area is 338 Å². The van der Waals surface area contributed by atoms with Crippen molar-refractivity contribution in [2.24, 2.45) is 22.9 Å². The lowest BCUT2D eigenvalue weighted by Gasteiger charge is -2.27. The molecule has 0 heterocycles. The van der Waals surface area contributed by atoms with Crippen LogP contribution in [-0.2, 0) is 43.2 Å². The largest absolute Gasteiger partial charge is 0.481 e. The van der Waals surface area contributed by atoms with E-state index >= 15 is 0 Å². The first-order valence-electron chi connectivity index (χ1n) is 18.0. The third kappa shape index (κ3) is 23.9. The second-order valence-electron chi connectivity index (χ2n) is 12.9. The molecule has 0 saturated carbocycles. The minimum atomic E-state index is -1.70. The molecule has 0 saturated heterocycles. The highest BCUT2D eigenvalue weighted by molar-refractivity contribution is 7.98. The molecule has 0 spiro atoms. The molecule has 0 aliphatic carbocycles. The normalized spacial score (nSPS) is 13.8. The molecule has 0 aliphatic heterocycles. The van der Waals surface area contributed by atoms with E-state index in [0.717, 1.165) is 0 Å². The minimum Gasteiger partial charge on any atom is -0.481 e. The molecule has 58 heavy (non-hydrogen) atoms. The zero-order chi connectivity index (χ0) is 44.4. The lowest BCUT2D eigenvalue weighted by molar-refractivity contribution is -0.144. The van der Waals surface area contributed by atoms with Gasteiger partial charge in [-0.25, -0.2) is 4.79 Å². The number of aliphatic carboxylic acids is 3. The first-order valence-corrected chi connectivity index (χ1v) is 19.4. The standard InChI is InChI=1S/C32H57N13O12S/c1-58-15-12-20(29(55)43-19(7-10-23(47)48)28(54)45-21(30(56)57)8-11-24(49)50)44-27(53)18(6-9-22(34)46)42-26(52)17(5-3-14-40-32(37)38)41-25(51)16(33)4-2-13-39-31(35)36/h16-21H,2-15,33H2,1H3,(H2,34,46)(H,41,51)(H,42,52)(H,43,55)(H,44,53)(H,45,54)(H,47,48)(H,49,50)(H,56,57)(H4,35,36,39)(H4,37,38,40)/t16-,17-,18-,19-,20+,21-/m0/s1. The van der Waals surface area contributed by atoms with Crippen LogP contribution >= 0.6 is 11.8 Å². The van der Waals surface area contributed by atoms with Crippen molar-refractivity contribution >= 4 is 77.0 Å². The second kappa shape index (κ2) is 28.5. The summed E-state index contributed by atoms with van der Waals surface area (Å²) in [5.74, 6) is -10.2. The molecule has 0 aromatic heterocycles. The van der Waals surface area contributed by atoms with Gasteiger partial charge in [0.2, 0.25) is 35.4 Å². The van der Waals surface area contributed by atoms with Crippen molar-refractivity contribution < 1.29 is 58.5 Å². The van der Waals surface area contributed by atoms with Crippen LogP contribution in [0.2, 0.25) is 0 Å². The van der Waals surface area contributed by atoms with Crippen molar-refractivity contribution in [2.45, 2.75) is 107 Å². The number of nitrogens with one attached hydrogen (secondary N) is 9. The van der Waals surface area contributed by atoms with Gasteiger partial charge >= 0.3 is 17.9 Å². The number of carbonyl (C=O) groups excluding carboxylic acids is 6. The monoisotopic (exact) mass is 847 g/mol. The van der Waals surface area contributed by atoms with Crippen LogP contribution in [-0.4, -0.2) is 142 Å². The zero-order valence-corrected chi connectivity index (χ0v) is 32.9. The number of carboxylic acids is 3. The van der Waals surface area contributed by atoms with Crippen molar-refractivity contribution in [3.8, 4) is 0 Å². The van der Waals surface area contributed by atoms with Gasteiger partial charge in [-0.15, -0.1) is 0 Å². The number of guanidine groups is 2. The fourth-order valence-electron chi connectivity index (χ4n) is 4.96. The van der Waals surface area contributed by atoms with Gasteiger partial charge in [-0.05, 0) is 63.4 Å². The lowest BCUT2D eigenvalue weighted by Crippen LogP contribution is -2.59. The van der Waals surface area contributed by atoms with E-state index in [-0.39, 0.29) is 62.9 Å². The Kier molecular flexibility index (Phi) is 25.6. The van der Waals surface area contributed by atoms with Gasteiger partial charge in [-0.1, -0.05) is 0 Å². The van der Waals surface area contributed by atoms with Gasteiger partial charge in [-0.2, -0.15) is 11.8 Å². The van der Waals surface area contributed by atoms with E-state index in [4.69, 9.17) is 38.9 Å². The Balaban J connectivity index is 6.31. The zero-order valence-electron chi connectivity index (χ0n) is 32.1. The Morgan fingerprint density at radius 2 is 0.897 bits per heavy atom. The maximum Gasteiger partial charge on any atom is 0.326 e. The fourth-order valence-corrected chi connectivity index (χ4v) is 5.44. The predicted molar refractivity (Wildman–Crippen MR) is 209 cm³/mol. The Morgan fingerprint density at radius 1 is 0.534 bits per heavy atom. The third-order valence-corrected chi connectivity index (χ3v) is 8.70. The van der Waals surface area contributed by atoms with Gasteiger partial charge in [-0.3, -0.25) is 49.2 Å². The second-order valence-corrected chi connectivity index (χ2v) is 13.9. The average Bonchev–Trinajstić information content (AvgIpc) is 3.13. The van der Waals surface area contributed by atoms with Crippen LogP contribution in [0.3, 0.4) is 0 Å². The molecule has 0 aromatic rings. The first-order chi connectivity index (χ1) is 27.2. The summed E-state index contributed by atoms with van der Waals surface area (Å²) in [5, 5.41) is 59.2. The van der Waals surface area contributed by atoms with Gasteiger partial charge in [0.1, 0.15) is 30.2 Å². The molecular weight excluding hydrogens is 790 g/mol. The van der Waals surface area contributed by atoms with Crippen LogP contribution in [0.25, 0.3) is 0 Å². The quantitative estimate of drug-likeness (QED) is 0.0177. The summed E-state index contributed by atoms with van der Waals surface area (Å²) < 4.78 is 0. The number of hydrogen-bond donors (Lipinski definition) is 16. The maximum atomic E-state index is 13.7. The van der Waals surface area contributed by atoms with E-state index in [1.165, 1.54) is 11.8 Å². The summed E-state index contributed by atoms with van der Waals surface area (Å²) in [5.41, 5.74) is 21.9. The van der Waals surface area contributed by atoms with E-state index in [1.54, 1.807) is 6.26 Å². The molecule has 0 unspecified atom stereocenters. The number of amides is 6. The van der Waals surface area contributed by atoms with E-state index < -0.39 is 122 Å². The Hall–Kier alpha value is -5.92. The van der Waals surface area contributed by atoms with E-state index in [9.17, 15) is 53.4 Å². The van der Waals surface area contributed by atoms with Crippen molar-refractivity contribution in [2.75, 3.05) is 25.1 Å². The van der Waals surface area contributed by atoms with E-state index in [0.29, 0.717) is 6.42 Å². The summed E-state index contributed by atoms with van der Waals surface area (Å²) in [6, 6.07) is -8.69. The third-order valence-electron chi connectivity index (χ3n) is 8.06. The molecule has 26 heteroatoms. The van der Waals surface area contributed by atoms with Gasteiger partial charge in [0, 0.05) is 32.4 Å². The molecule has 6 atom stereocenters.